The summed E-state index contributed by atoms with van der Waals surface area (Å²) in [7, 11) is 1.80. The number of pyridine rings is 1. The van der Waals surface area contributed by atoms with Crippen molar-refractivity contribution in [3.8, 4) is 6.07 Å². The Morgan fingerprint density at radius 2 is 1.86 bits per heavy atom. The van der Waals surface area contributed by atoms with Crippen molar-refractivity contribution in [2.24, 2.45) is 0 Å². The molecule has 2 heterocycles. The minimum absolute atomic E-state index is 0.0632. The van der Waals surface area contributed by atoms with Crippen LogP contribution in [-0.2, 0) is 16.0 Å². The second-order valence-corrected chi connectivity index (χ2v) is 8.49. The predicted octanol–water partition coefficient (Wildman–Crippen LogP) is 2.74. The highest BCUT2D eigenvalue weighted by atomic mass is 16.2. The van der Waals surface area contributed by atoms with E-state index in [1.807, 2.05) is 59.5 Å². The molecule has 1 saturated heterocycles. The Morgan fingerprint density at radius 3 is 2.51 bits per heavy atom. The number of piperazine rings is 1. The Balaban J connectivity index is 1.39. The third kappa shape index (κ3) is 6.22. The molecule has 1 aromatic heterocycles. The number of carbonyl (C=O) groups is 2. The Labute approximate surface area is 205 Å². The first-order valence-corrected chi connectivity index (χ1v) is 11.6. The number of hydrogen-bond donors (Lipinski definition) is 2. The zero-order valence-corrected chi connectivity index (χ0v) is 19.6. The van der Waals surface area contributed by atoms with Crippen molar-refractivity contribution in [2.75, 3.05) is 43.4 Å². The number of nitrogens with zero attached hydrogens (tertiary/aromatic N) is 4. The van der Waals surface area contributed by atoms with Gasteiger partial charge in [0.1, 0.15) is 11.9 Å². The summed E-state index contributed by atoms with van der Waals surface area (Å²) < 4.78 is 0. The van der Waals surface area contributed by atoms with Crippen molar-refractivity contribution in [2.45, 2.75) is 12.5 Å². The molecule has 35 heavy (non-hydrogen) atoms. The van der Waals surface area contributed by atoms with Gasteiger partial charge < -0.3 is 20.4 Å². The van der Waals surface area contributed by atoms with Crippen molar-refractivity contribution in [3.05, 3.63) is 89.6 Å². The summed E-state index contributed by atoms with van der Waals surface area (Å²) in [6.45, 7) is 2.27. The Morgan fingerprint density at radius 1 is 1.09 bits per heavy atom. The van der Waals surface area contributed by atoms with Crippen LogP contribution in [0.1, 0.15) is 22.7 Å². The highest BCUT2D eigenvalue weighted by molar-refractivity contribution is 5.95. The number of amides is 2. The number of aromatic nitrogens is 1. The number of rotatable bonds is 8. The Kier molecular flexibility index (Phi) is 7.70. The molecule has 8 nitrogen and oxygen atoms in total. The molecule has 4 rings (SSSR count). The van der Waals surface area contributed by atoms with E-state index >= 15 is 0 Å². The van der Waals surface area contributed by atoms with Crippen LogP contribution in [0.4, 0.5) is 11.5 Å². The highest BCUT2D eigenvalue weighted by Crippen LogP contribution is 2.19. The van der Waals surface area contributed by atoms with E-state index < -0.39 is 6.04 Å². The summed E-state index contributed by atoms with van der Waals surface area (Å²) in [6.07, 6.45) is 2.34. The first kappa shape index (κ1) is 23.9. The summed E-state index contributed by atoms with van der Waals surface area (Å²) in [4.78, 5) is 33.3. The molecule has 2 amide bonds. The summed E-state index contributed by atoms with van der Waals surface area (Å²) in [5, 5.41) is 15.3. The lowest BCUT2D eigenvalue weighted by atomic mass is 10.0. The fourth-order valence-corrected chi connectivity index (χ4v) is 3.93. The van der Waals surface area contributed by atoms with Gasteiger partial charge in [-0.05, 0) is 41.8 Å². The van der Waals surface area contributed by atoms with Crippen LogP contribution in [0.25, 0.3) is 0 Å². The lowest BCUT2D eigenvalue weighted by Gasteiger charge is -2.32. The molecule has 0 aliphatic carbocycles. The summed E-state index contributed by atoms with van der Waals surface area (Å²) in [6, 6.07) is 22.2. The van der Waals surface area contributed by atoms with E-state index in [2.05, 4.69) is 21.7 Å². The van der Waals surface area contributed by atoms with Crippen LogP contribution in [0, 0.1) is 11.3 Å². The van der Waals surface area contributed by atoms with E-state index in [1.165, 1.54) is 0 Å². The van der Waals surface area contributed by atoms with Gasteiger partial charge in [-0.1, -0.05) is 42.5 Å². The highest BCUT2D eigenvalue weighted by Gasteiger charge is 2.23. The smallest absolute Gasteiger partial charge is 0.246 e. The van der Waals surface area contributed by atoms with Gasteiger partial charge in [0.25, 0.3) is 0 Å². The van der Waals surface area contributed by atoms with Gasteiger partial charge in [-0.15, -0.1) is 0 Å². The van der Waals surface area contributed by atoms with Crippen LogP contribution >= 0.6 is 0 Å². The van der Waals surface area contributed by atoms with Gasteiger partial charge in [-0.25, -0.2) is 4.98 Å². The van der Waals surface area contributed by atoms with Crippen LogP contribution < -0.4 is 15.5 Å². The maximum absolute atomic E-state index is 13.2. The molecule has 3 aromatic rings. The Bertz CT molecular complexity index is 1190. The molecule has 0 spiro atoms. The van der Waals surface area contributed by atoms with Crippen molar-refractivity contribution in [1.82, 2.24) is 15.2 Å². The molecule has 2 aromatic carbocycles. The molecule has 0 radical (unpaired) electrons. The molecule has 1 fully saturated rings. The third-order valence-electron chi connectivity index (χ3n) is 6.04. The molecule has 1 atom stereocenters. The van der Waals surface area contributed by atoms with Gasteiger partial charge in [0.15, 0.2) is 0 Å². The third-order valence-corrected chi connectivity index (χ3v) is 6.04. The van der Waals surface area contributed by atoms with Gasteiger partial charge in [0.2, 0.25) is 11.8 Å². The van der Waals surface area contributed by atoms with Crippen molar-refractivity contribution in [3.63, 3.8) is 0 Å². The molecule has 1 aliphatic heterocycles. The quantitative estimate of drug-likeness (QED) is 0.527. The monoisotopic (exact) mass is 468 g/mol. The number of anilines is 2. The first-order chi connectivity index (χ1) is 17.0. The number of nitriles is 1. The van der Waals surface area contributed by atoms with E-state index in [0.717, 1.165) is 24.1 Å². The van der Waals surface area contributed by atoms with E-state index in [9.17, 15) is 9.59 Å². The molecule has 0 unspecified atom stereocenters. The summed E-state index contributed by atoms with van der Waals surface area (Å²) in [5.74, 6) is 0.596. The van der Waals surface area contributed by atoms with Crippen molar-refractivity contribution < 1.29 is 9.59 Å². The topological polar surface area (TPSA) is 101 Å². The fraction of sp³-hybridized carbons (Fsp3) is 0.259. The second-order valence-electron chi connectivity index (χ2n) is 8.49. The van der Waals surface area contributed by atoms with Crippen LogP contribution in [0.3, 0.4) is 0 Å². The van der Waals surface area contributed by atoms with Gasteiger partial charge >= 0.3 is 0 Å². The fourth-order valence-electron chi connectivity index (χ4n) is 3.93. The van der Waals surface area contributed by atoms with Gasteiger partial charge in [-0.3, -0.25) is 9.59 Å². The van der Waals surface area contributed by atoms with E-state index in [1.54, 1.807) is 30.3 Å². The lowest BCUT2D eigenvalue weighted by Crippen LogP contribution is -2.48. The van der Waals surface area contributed by atoms with Crippen molar-refractivity contribution >= 4 is 23.3 Å². The number of carbonyl (C=O) groups excluding carboxylic acids is 2. The van der Waals surface area contributed by atoms with E-state index in [0.29, 0.717) is 36.7 Å². The van der Waals surface area contributed by atoms with Gasteiger partial charge in [-0.2, -0.15) is 5.26 Å². The van der Waals surface area contributed by atoms with E-state index in [4.69, 9.17) is 5.26 Å². The second kappa shape index (κ2) is 11.3. The Hall–Kier alpha value is -4.22. The molecule has 1 aliphatic rings. The van der Waals surface area contributed by atoms with Crippen LogP contribution in [-0.4, -0.2) is 54.9 Å². The summed E-state index contributed by atoms with van der Waals surface area (Å²) in [5.41, 5.74) is 3.17. The molecule has 0 bridgehead atoms. The lowest BCUT2D eigenvalue weighted by molar-refractivity contribution is -0.129. The summed E-state index contributed by atoms with van der Waals surface area (Å²) >= 11 is 0. The molecular weight excluding hydrogens is 440 g/mol. The largest absolute Gasteiger partial charge is 0.346 e. The standard InChI is InChI=1S/C27H28N6O2/c1-32-15-16-33(19-25(32)34)24-12-11-23(18-30-24)31-27(35)26(22-5-3-2-4-6-22)29-14-13-20-7-9-21(17-28)10-8-20/h2-12,18,26,29H,13-16,19H2,1H3,(H,31,35)/t26-/m0/s1. The van der Waals surface area contributed by atoms with Crippen LogP contribution in [0.2, 0.25) is 0 Å². The van der Waals surface area contributed by atoms with E-state index in [-0.39, 0.29) is 11.8 Å². The number of hydrogen-bond acceptors (Lipinski definition) is 6. The maximum atomic E-state index is 13.2. The molecule has 178 valence electrons. The van der Waals surface area contributed by atoms with Gasteiger partial charge in [0.05, 0.1) is 30.1 Å². The average Bonchev–Trinajstić information content (AvgIpc) is 2.89. The number of benzene rings is 2. The molecule has 2 N–H and O–H groups in total. The van der Waals surface area contributed by atoms with Crippen LogP contribution in [0.15, 0.2) is 72.9 Å². The number of likely N-dealkylation sites (N-methyl/N-ethyl adjacent to an activating group) is 1. The first-order valence-electron chi connectivity index (χ1n) is 11.6. The minimum Gasteiger partial charge on any atom is -0.346 e. The average molecular weight is 469 g/mol. The number of nitrogens with one attached hydrogen (secondary N) is 2. The van der Waals surface area contributed by atoms with Gasteiger partial charge in [0, 0.05) is 26.7 Å². The zero-order valence-electron chi connectivity index (χ0n) is 19.6. The zero-order chi connectivity index (χ0) is 24.6. The van der Waals surface area contributed by atoms with Crippen molar-refractivity contribution in [1.29, 1.82) is 5.26 Å². The van der Waals surface area contributed by atoms with Crippen LogP contribution in [0.5, 0.6) is 0 Å². The molecule has 0 saturated carbocycles. The maximum Gasteiger partial charge on any atom is 0.246 e. The molecular formula is C27H28N6O2. The predicted molar refractivity (Wildman–Crippen MR) is 135 cm³/mol. The normalized spacial score (nSPS) is 14.3. The SMILES string of the molecule is CN1CCN(c2ccc(NC(=O)[C@@H](NCCc3ccc(C#N)cc3)c3ccccc3)cn2)CC1=O. The minimum atomic E-state index is -0.537. The molecule has 8 heteroatoms.